The van der Waals surface area contributed by atoms with Gasteiger partial charge in [-0.3, -0.25) is 14.9 Å². The topological polar surface area (TPSA) is 67.9 Å². The quantitative estimate of drug-likeness (QED) is 0.727. The fourth-order valence-corrected chi connectivity index (χ4v) is 3.58. The molecule has 0 aromatic carbocycles. The van der Waals surface area contributed by atoms with Gasteiger partial charge in [0.1, 0.15) is 5.76 Å². The lowest BCUT2D eigenvalue weighted by atomic mass is 10.1. The maximum Gasteiger partial charge on any atom is 0.143 e. The lowest BCUT2D eigenvalue weighted by Gasteiger charge is -2.24. The summed E-state index contributed by atoms with van der Waals surface area (Å²) in [5.74, 6) is 0.781. The fourth-order valence-electron chi connectivity index (χ4n) is 3.58. The van der Waals surface area contributed by atoms with Crippen LogP contribution in [0.2, 0.25) is 0 Å². The first kappa shape index (κ1) is 15.9. The average molecular weight is 335 g/mol. The van der Waals surface area contributed by atoms with E-state index in [-0.39, 0.29) is 0 Å². The Labute approximate surface area is 146 Å². The van der Waals surface area contributed by atoms with Gasteiger partial charge >= 0.3 is 0 Å². The number of aromatic nitrogens is 4. The van der Waals surface area contributed by atoms with Gasteiger partial charge in [0.15, 0.2) is 0 Å². The summed E-state index contributed by atoms with van der Waals surface area (Å²) >= 11 is 0. The van der Waals surface area contributed by atoms with Gasteiger partial charge < -0.3 is 4.52 Å². The highest BCUT2D eigenvalue weighted by atomic mass is 16.5. The van der Waals surface area contributed by atoms with Crippen LogP contribution in [0.15, 0.2) is 41.4 Å². The zero-order valence-corrected chi connectivity index (χ0v) is 14.5. The Hall–Kier alpha value is -2.60. The summed E-state index contributed by atoms with van der Waals surface area (Å²) < 4.78 is 5.28. The lowest BCUT2D eigenvalue weighted by Crippen LogP contribution is -2.23. The van der Waals surface area contributed by atoms with Crippen molar-refractivity contribution >= 4 is 0 Å². The normalized spacial score (nSPS) is 17.9. The molecule has 0 amide bonds. The monoisotopic (exact) mass is 335 g/mol. The summed E-state index contributed by atoms with van der Waals surface area (Å²) in [6.45, 7) is 5.83. The highest BCUT2D eigenvalue weighted by Gasteiger charge is 2.28. The first-order chi connectivity index (χ1) is 12.2. The van der Waals surface area contributed by atoms with Gasteiger partial charge in [-0.25, -0.2) is 4.98 Å². The minimum atomic E-state index is 0.293. The molecule has 4 rings (SSSR count). The van der Waals surface area contributed by atoms with E-state index in [1.165, 1.54) is 12.0 Å². The second-order valence-corrected chi connectivity index (χ2v) is 6.51. The summed E-state index contributed by atoms with van der Waals surface area (Å²) in [5.41, 5.74) is 4.93. The van der Waals surface area contributed by atoms with Crippen molar-refractivity contribution in [3.05, 3.63) is 59.6 Å². The first-order valence-corrected chi connectivity index (χ1v) is 8.60. The third kappa shape index (κ3) is 3.17. The molecule has 3 aromatic heterocycles. The molecular formula is C19H21N5O. The molecule has 1 aliphatic heterocycles. The largest absolute Gasteiger partial charge is 0.361 e. The van der Waals surface area contributed by atoms with E-state index >= 15 is 0 Å². The number of aryl methyl sites for hydroxylation is 2. The maximum absolute atomic E-state index is 5.28. The van der Waals surface area contributed by atoms with Crippen molar-refractivity contribution in [2.75, 3.05) is 6.54 Å². The Morgan fingerprint density at radius 3 is 2.76 bits per heavy atom. The van der Waals surface area contributed by atoms with Crippen LogP contribution in [-0.2, 0) is 6.54 Å². The van der Waals surface area contributed by atoms with E-state index in [0.29, 0.717) is 6.04 Å². The minimum Gasteiger partial charge on any atom is -0.361 e. The summed E-state index contributed by atoms with van der Waals surface area (Å²) in [4.78, 5) is 15.9. The van der Waals surface area contributed by atoms with Crippen molar-refractivity contribution in [2.45, 2.75) is 39.3 Å². The Morgan fingerprint density at radius 2 is 2.00 bits per heavy atom. The van der Waals surface area contributed by atoms with E-state index in [1.807, 2.05) is 32.4 Å². The third-order valence-corrected chi connectivity index (χ3v) is 4.78. The molecule has 128 valence electrons. The van der Waals surface area contributed by atoms with Crippen LogP contribution < -0.4 is 0 Å². The molecule has 0 aliphatic carbocycles. The summed E-state index contributed by atoms with van der Waals surface area (Å²) in [7, 11) is 0. The molecule has 1 fully saturated rings. The van der Waals surface area contributed by atoms with Crippen molar-refractivity contribution < 1.29 is 4.52 Å². The predicted octanol–water partition coefficient (Wildman–Crippen LogP) is 3.48. The average Bonchev–Trinajstić information content (AvgIpc) is 3.22. The Balaban J connectivity index is 1.62. The maximum atomic E-state index is 5.28. The summed E-state index contributed by atoms with van der Waals surface area (Å²) in [6.07, 6.45) is 9.64. The van der Waals surface area contributed by atoms with Crippen LogP contribution in [0.4, 0.5) is 0 Å². The molecule has 6 heteroatoms. The molecule has 4 heterocycles. The number of likely N-dealkylation sites (tertiary alicyclic amines) is 1. The number of hydrogen-bond acceptors (Lipinski definition) is 6. The number of hydrogen-bond donors (Lipinski definition) is 0. The zero-order valence-electron chi connectivity index (χ0n) is 14.5. The number of pyridine rings is 1. The standard InChI is InChI=1S/C19H21N5O/c1-13-19(14(2)25-23-13)17-11-21-10-16(22-17)18-4-3-9-24(18)12-15-5-7-20-8-6-15/h5-8,10-11,18H,3-4,9,12H2,1-2H3/t18-/m0/s1. The lowest BCUT2D eigenvalue weighted by molar-refractivity contribution is 0.244. The van der Waals surface area contributed by atoms with Crippen molar-refractivity contribution in [1.82, 2.24) is 25.0 Å². The molecule has 3 aromatic rings. The molecule has 0 unspecified atom stereocenters. The molecule has 0 saturated carbocycles. The highest BCUT2D eigenvalue weighted by molar-refractivity contribution is 5.62. The smallest absolute Gasteiger partial charge is 0.143 e. The molecule has 25 heavy (non-hydrogen) atoms. The summed E-state index contributed by atoms with van der Waals surface area (Å²) in [6, 6.07) is 4.43. The molecule has 0 radical (unpaired) electrons. The van der Waals surface area contributed by atoms with E-state index in [2.05, 4.69) is 32.2 Å². The van der Waals surface area contributed by atoms with Crippen LogP contribution in [0.3, 0.4) is 0 Å². The van der Waals surface area contributed by atoms with Crippen LogP contribution in [0.1, 0.15) is 41.6 Å². The van der Waals surface area contributed by atoms with Crippen molar-refractivity contribution in [3.8, 4) is 11.3 Å². The van der Waals surface area contributed by atoms with Gasteiger partial charge in [0, 0.05) is 18.9 Å². The SMILES string of the molecule is Cc1noc(C)c1-c1cncc([C@@H]2CCCN2Cc2ccncc2)n1. The van der Waals surface area contributed by atoms with Crippen LogP contribution in [-0.4, -0.2) is 31.6 Å². The summed E-state index contributed by atoms with van der Waals surface area (Å²) in [5, 5.41) is 4.03. The van der Waals surface area contributed by atoms with Gasteiger partial charge in [-0.1, -0.05) is 5.16 Å². The Kier molecular flexibility index (Phi) is 4.28. The van der Waals surface area contributed by atoms with E-state index in [1.54, 1.807) is 6.20 Å². The molecule has 1 saturated heterocycles. The molecule has 1 atom stereocenters. The Morgan fingerprint density at radius 1 is 1.16 bits per heavy atom. The van der Waals surface area contributed by atoms with Gasteiger partial charge in [0.05, 0.1) is 41.1 Å². The van der Waals surface area contributed by atoms with Crippen LogP contribution >= 0.6 is 0 Å². The van der Waals surface area contributed by atoms with Gasteiger partial charge in [0.25, 0.3) is 0 Å². The Bertz CT molecular complexity index is 842. The van der Waals surface area contributed by atoms with Crippen molar-refractivity contribution in [1.29, 1.82) is 0 Å². The van der Waals surface area contributed by atoms with Gasteiger partial charge in [0.2, 0.25) is 0 Å². The number of nitrogens with zero attached hydrogens (tertiary/aromatic N) is 5. The van der Waals surface area contributed by atoms with Crippen molar-refractivity contribution in [2.24, 2.45) is 0 Å². The second kappa shape index (κ2) is 6.72. The molecule has 6 nitrogen and oxygen atoms in total. The van der Waals surface area contributed by atoms with Crippen molar-refractivity contribution in [3.63, 3.8) is 0 Å². The van der Waals surface area contributed by atoms with E-state index < -0.39 is 0 Å². The first-order valence-electron chi connectivity index (χ1n) is 8.60. The van der Waals surface area contributed by atoms with E-state index in [4.69, 9.17) is 9.51 Å². The van der Waals surface area contributed by atoms with Gasteiger partial charge in [-0.05, 0) is 50.9 Å². The van der Waals surface area contributed by atoms with E-state index in [0.717, 1.165) is 47.9 Å². The third-order valence-electron chi connectivity index (χ3n) is 4.78. The molecule has 0 bridgehead atoms. The van der Waals surface area contributed by atoms with Crippen LogP contribution in [0.25, 0.3) is 11.3 Å². The molecule has 1 aliphatic rings. The molecule has 0 spiro atoms. The molecular weight excluding hydrogens is 314 g/mol. The highest BCUT2D eigenvalue weighted by Crippen LogP contribution is 2.33. The minimum absolute atomic E-state index is 0.293. The second-order valence-electron chi connectivity index (χ2n) is 6.51. The van der Waals surface area contributed by atoms with Gasteiger partial charge in [-0.2, -0.15) is 0 Å². The zero-order chi connectivity index (χ0) is 17.2. The molecule has 0 N–H and O–H groups in total. The van der Waals surface area contributed by atoms with Crippen LogP contribution in [0.5, 0.6) is 0 Å². The fraction of sp³-hybridized carbons (Fsp3) is 0.368. The van der Waals surface area contributed by atoms with E-state index in [9.17, 15) is 0 Å². The van der Waals surface area contributed by atoms with Crippen LogP contribution in [0, 0.1) is 13.8 Å². The number of rotatable bonds is 4. The van der Waals surface area contributed by atoms with Gasteiger partial charge in [-0.15, -0.1) is 0 Å². The predicted molar refractivity (Wildman–Crippen MR) is 93.6 cm³/mol.